The number of aryl methyl sites for hydroxylation is 1. The van der Waals surface area contributed by atoms with Crippen LogP contribution in [0.3, 0.4) is 0 Å². The number of hydrogen-bond donors (Lipinski definition) is 0. The first kappa shape index (κ1) is 17.9. The third-order valence-electron chi connectivity index (χ3n) is 6.32. The molecule has 6 nitrogen and oxygen atoms in total. The number of carbonyl (C=O) groups excluding carboxylic acids is 1. The van der Waals surface area contributed by atoms with Gasteiger partial charge in [0, 0.05) is 51.0 Å². The molecule has 1 atom stereocenters. The first-order valence-electron chi connectivity index (χ1n) is 10.0. The number of hydrogen-bond acceptors (Lipinski definition) is 5. The highest BCUT2D eigenvalue weighted by molar-refractivity contribution is 5.92. The van der Waals surface area contributed by atoms with E-state index in [1.165, 1.54) is 38.8 Å². The Kier molecular flexibility index (Phi) is 5.23. The lowest BCUT2D eigenvalue weighted by molar-refractivity contribution is 0.0308. The maximum absolute atomic E-state index is 12.8. The molecule has 1 aromatic heterocycles. The van der Waals surface area contributed by atoms with E-state index in [0.717, 1.165) is 50.9 Å². The predicted molar refractivity (Wildman–Crippen MR) is 98.9 cm³/mol. The van der Waals surface area contributed by atoms with Crippen molar-refractivity contribution in [3.63, 3.8) is 0 Å². The van der Waals surface area contributed by atoms with Gasteiger partial charge in [0.2, 0.25) is 0 Å². The summed E-state index contributed by atoms with van der Waals surface area (Å²) in [6.45, 7) is 8.98. The summed E-state index contributed by atoms with van der Waals surface area (Å²) in [5.74, 6) is 0.816. The van der Waals surface area contributed by atoms with Gasteiger partial charge in [-0.15, -0.1) is 0 Å². The first-order chi connectivity index (χ1) is 12.6. The van der Waals surface area contributed by atoms with Gasteiger partial charge >= 0.3 is 0 Å². The molecule has 26 heavy (non-hydrogen) atoms. The second kappa shape index (κ2) is 7.61. The Balaban J connectivity index is 1.36. The number of carbonyl (C=O) groups is 1. The highest BCUT2D eigenvalue weighted by Crippen LogP contribution is 2.39. The van der Waals surface area contributed by atoms with Crippen LogP contribution in [0.5, 0.6) is 0 Å². The molecule has 1 aromatic rings. The largest absolute Gasteiger partial charge is 0.381 e. The zero-order valence-corrected chi connectivity index (χ0v) is 15.8. The van der Waals surface area contributed by atoms with Gasteiger partial charge in [-0.3, -0.25) is 9.78 Å². The molecule has 3 fully saturated rings. The van der Waals surface area contributed by atoms with Gasteiger partial charge in [-0.1, -0.05) is 0 Å². The van der Waals surface area contributed by atoms with Crippen molar-refractivity contribution < 1.29 is 9.53 Å². The van der Waals surface area contributed by atoms with E-state index in [2.05, 4.69) is 14.9 Å². The summed E-state index contributed by atoms with van der Waals surface area (Å²) in [6, 6.07) is 0. The lowest BCUT2D eigenvalue weighted by Crippen LogP contribution is -2.47. The van der Waals surface area contributed by atoms with Crippen molar-refractivity contribution >= 4 is 5.91 Å². The van der Waals surface area contributed by atoms with Gasteiger partial charge in [-0.05, 0) is 51.5 Å². The average molecular weight is 358 g/mol. The second-order valence-electron chi connectivity index (χ2n) is 8.41. The summed E-state index contributed by atoms with van der Waals surface area (Å²) < 4.78 is 5.50. The minimum absolute atomic E-state index is 0.0379. The Morgan fingerprint density at radius 2 is 2.04 bits per heavy atom. The third kappa shape index (κ3) is 3.91. The Bertz CT molecular complexity index is 629. The van der Waals surface area contributed by atoms with Gasteiger partial charge in [0.25, 0.3) is 5.91 Å². The summed E-state index contributed by atoms with van der Waals surface area (Å²) in [5.41, 5.74) is 1.59. The monoisotopic (exact) mass is 358 g/mol. The molecule has 0 bridgehead atoms. The van der Waals surface area contributed by atoms with Gasteiger partial charge < -0.3 is 14.5 Å². The smallest absolute Gasteiger partial charge is 0.274 e. The molecule has 0 N–H and O–H groups in total. The zero-order chi connectivity index (χ0) is 18.0. The summed E-state index contributed by atoms with van der Waals surface area (Å²) in [6.07, 6.45) is 9.27. The molecule has 6 heteroatoms. The van der Waals surface area contributed by atoms with Crippen molar-refractivity contribution in [2.45, 2.75) is 39.0 Å². The fourth-order valence-electron chi connectivity index (χ4n) is 4.87. The van der Waals surface area contributed by atoms with Gasteiger partial charge in [-0.25, -0.2) is 4.98 Å². The van der Waals surface area contributed by atoms with Crippen LogP contribution in [0.15, 0.2) is 12.4 Å². The molecule has 4 rings (SSSR count). The molecule has 4 heterocycles. The van der Waals surface area contributed by atoms with Gasteiger partial charge in [0.1, 0.15) is 5.69 Å². The lowest BCUT2D eigenvalue weighted by Gasteiger charge is -2.42. The van der Waals surface area contributed by atoms with Crippen LogP contribution in [0.2, 0.25) is 0 Å². The molecule has 0 aliphatic carbocycles. The van der Waals surface area contributed by atoms with Crippen LogP contribution in [0.25, 0.3) is 0 Å². The lowest BCUT2D eigenvalue weighted by atomic mass is 9.79. The zero-order valence-electron chi connectivity index (χ0n) is 15.8. The van der Waals surface area contributed by atoms with E-state index in [4.69, 9.17) is 4.74 Å². The Morgan fingerprint density at radius 3 is 2.81 bits per heavy atom. The quantitative estimate of drug-likeness (QED) is 0.829. The van der Waals surface area contributed by atoms with E-state index in [-0.39, 0.29) is 11.3 Å². The van der Waals surface area contributed by atoms with Crippen LogP contribution in [0.1, 0.15) is 48.3 Å². The van der Waals surface area contributed by atoms with E-state index >= 15 is 0 Å². The van der Waals surface area contributed by atoms with Gasteiger partial charge in [0.05, 0.1) is 11.9 Å². The number of nitrogens with zero attached hydrogens (tertiary/aromatic N) is 4. The van der Waals surface area contributed by atoms with Crippen molar-refractivity contribution in [2.75, 3.05) is 45.9 Å². The molecule has 3 aliphatic rings. The van der Waals surface area contributed by atoms with Crippen LogP contribution in [0, 0.1) is 18.3 Å². The molecule has 142 valence electrons. The molecule has 0 aromatic carbocycles. The highest BCUT2D eigenvalue weighted by atomic mass is 16.5. The molecular formula is C20H30N4O2. The van der Waals surface area contributed by atoms with Crippen LogP contribution in [0.4, 0.5) is 0 Å². The van der Waals surface area contributed by atoms with Crippen LogP contribution in [-0.2, 0) is 4.74 Å². The van der Waals surface area contributed by atoms with E-state index < -0.39 is 0 Å². The van der Waals surface area contributed by atoms with Crippen LogP contribution >= 0.6 is 0 Å². The van der Waals surface area contributed by atoms with E-state index in [0.29, 0.717) is 5.69 Å². The summed E-state index contributed by atoms with van der Waals surface area (Å²) in [4.78, 5) is 25.9. The van der Waals surface area contributed by atoms with E-state index in [9.17, 15) is 4.79 Å². The maximum Gasteiger partial charge on any atom is 0.274 e. The van der Waals surface area contributed by atoms with Crippen LogP contribution in [-0.4, -0.2) is 71.6 Å². The predicted octanol–water partition coefficient (Wildman–Crippen LogP) is 2.14. The highest BCUT2D eigenvalue weighted by Gasteiger charge is 2.43. The van der Waals surface area contributed by atoms with E-state index in [1.54, 1.807) is 12.4 Å². The Labute approximate surface area is 155 Å². The molecule has 1 amide bonds. The summed E-state index contributed by atoms with van der Waals surface area (Å²) in [7, 11) is 0. The Hall–Kier alpha value is -1.53. The number of aromatic nitrogens is 2. The fourth-order valence-corrected chi connectivity index (χ4v) is 4.87. The van der Waals surface area contributed by atoms with Gasteiger partial charge in [-0.2, -0.15) is 0 Å². The van der Waals surface area contributed by atoms with Crippen molar-refractivity contribution in [2.24, 2.45) is 11.3 Å². The second-order valence-corrected chi connectivity index (χ2v) is 8.41. The fraction of sp³-hybridized carbons (Fsp3) is 0.750. The maximum atomic E-state index is 12.8. The number of amides is 1. The molecule has 3 saturated heterocycles. The summed E-state index contributed by atoms with van der Waals surface area (Å²) in [5, 5.41) is 0. The Morgan fingerprint density at radius 1 is 1.19 bits per heavy atom. The number of rotatable bonds is 3. The van der Waals surface area contributed by atoms with Crippen molar-refractivity contribution in [3.8, 4) is 0 Å². The third-order valence-corrected chi connectivity index (χ3v) is 6.32. The minimum Gasteiger partial charge on any atom is -0.381 e. The SMILES string of the molecule is Cc1cnc(C(=O)N2CCC3(CCCN(CC4CCOCC4)C3)C2)cn1. The van der Waals surface area contributed by atoms with Gasteiger partial charge in [0.15, 0.2) is 0 Å². The molecule has 0 radical (unpaired) electrons. The average Bonchev–Trinajstić information content (AvgIpc) is 3.06. The first-order valence-corrected chi connectivity index (χ1v) is 10.0. The molecule has 1 unspecified atom stereocenters. The minimum atomic E-state index is 0.0379. The number of piperidine rings is 1. The number of likely N-dealkylation sites (tertiary alicyclic amines) is 2. The molecule has 3 aliphatic heterocycles. The number of ether oxygens (including phenoxy) is 1. The molecule has 0 saturated carbocycles. The van der Waals surface area contributed by atoms with E-state index in [1.807, 2.05) is 11.8 Å². The topological polar surface area (TPSA) is 58.6 Å². The molecule has 1 spiro atoms. The standard InChI is InChI=1S/C20H30N4O2/c1-16-11-22-18(12-21-16)19(25)24-8-6-20(15-24)5-2-7-23(14-20)13-17-3-9-26-10-4-17/h11-12,17H,2-10,13-15H2,1H3. The normalized spacial score (nSPS) is 28.0. The van der Waals surface area contributed by atoms with Crippen molar-refractivity contribution in [1.29, 1.82) is 0 Å². The van der Waals surface area contributed by atoms with Crippen molar-refractivity contribution in [3.05, 3.63) is 23.8 Å². The molecular weight excluding hydrogens is 328 g/mol. The van der Waals surface area contributed by atoms with Crippen LogP contribution < -0.4 is 0 Å². The summed E-state index contributed by atoms with van der Waals surface area (Å²) >= 11 is 0. The van der Waals surface area contributed by atoms with Crippen molar-refractivity contribution in [1.82, 2.24) is 19.8 Å².